The van der Waals surface area contributed by atoms with E-state index < -0.39 is 5.60 Å². The molecular formula is C48H58N4O7S. The Bertz CT molecular complexity index is 2020. The molecule has 2 fully saturated rings. The van der Waals surface area contributed by atoms with Crippen molar-refractivity contribution in [3.63, 3.8) is 0 Å². The molecule has 4 aromatic rings. The summed E-state index contributed by atoms with van der Waals surface area (Å²) >= 11 is 1.76. The standard InChI is InChI=1S/C48H58N4O7S/c1-7-37(30-59-48(34-13-9-8-10-14-34,35-21-25-38(57-5)26-22-35)36-23-27-39(58-6)28-24-36)50-43(54)29-49-42(53)16-12-11-15-41-44-40(31-60-41)52(46(56)51-44)45(55)32-17-19-33(20-18-32)47(2,3)4/h8-10,13-14,17-28,37,40-41,44H,7,11-12,15-16,29-31H2,1-6H3,(H,49,53)(H,50,54)(H,51,56)/t37?,40-,41-,44-/m0/s1. The van der Waals surface area contributed by atoms with E-state index in [0.29, 0.717) is 24.2 Å². The number of carbonyl (C=O) groups is 4. The van der Waals surface area contributed by atoms with Crippen molar-refractivity contribution in [1.82, 2.24) is 20.9 Å². The van der Waals surface area contributed by atoms with Crippen LogP contribution < -0.4 is 25.4 Å². The lowest BCUT2D eigenvalue weighted by molar-refractivity contribution is -0.127. The van der Waals surface area contributed by atoms with E-state index >= 15 is 0 Å². The summed E-state index contributed by atoms with van der Waals surface area (Å²) < 4.78 is 17.9. The van der Waals surface area contributed by atoms with Gasteiger partial charge in [0.05, 0.1) is 45.5 Å². The average molecular weight is 835 g/mol. The molecule has 6 rings (SSSR count). The number of amides is 5. The van der Waals surface area contributed by atoms with E-state index in [1.807, 2.05) is 97.9 Å². The molecule has 60 heavy (non-hydrogen) atoms. The number of hydrogen-bond donors (Lipinski definition) is 3. The smallest absolute Gasteiger partial charge is 0.325 e. The first-order valence-corrected chi connectivity index (χ1v) is 21.8. The highest BCUT2D eigenvalue weighted by Crippen LogP contribution is 2.42. The van der Waals surface area contributed by atoms with Gasteiger partial charge >= 0.3 is 6.03 Å². The van der Waals surface area contributed by atoms with Crippen molar-refractivity contribution in [2.45, 2.75) is 94.2 Å². The minimum absolute atomic E-state index is 0.0335. The predicted octanol–water partition coefficient (Wildman–Crippen LogP) is 7.60. The highest BCUT2D eigenvalue weighted by molar-refractivity contribution is 8.00. The first-order chi connectivity index (χ1) is 28.9. The number of nitrogens with zero attached hydrogens (tertiary/aromatic N) is 1. The summed E-state index contributed by atoms with van der Waals surface area (Å²) in [5.41, 5.74) is 3.27. The van der Waals surface area contributed by atoms with E-state index in [9.17, 15) is 19.2 Å². The number of imide groups is 1. The number of nitrogens with one attached hydrogen (secondary N) is 3. The number of methoxy groups -OCH3 is 2. The summed E-state index contributed by atoms with van der Waals surface area (Å²) in [6.45, 7) is 8.40. The molecule has 0 radical (unpaired) electrons. The Morgan fingerprint density at radius 3 is 1.95 bits per heavy atom. The molecule has 0 aliphatic carbocycles. The fraction of sp³-hybridized carbons (Fsp3) is 0.417. The van der Waals surface area contributed by atoms with Crippen LogP contribution in [0.25, 0.3) is 0 Å². The van der Waals surface area contributed by atoms with Gasteiger partial charge in [0, 0.05) is 23.0 Å². The van der Waals surface area contributed by atoms with Crippen LogP contribution in [0.2, 0.25) is 0 Å². The summed E-state index contributed by atoms with van der Waals surface area (Å²) in [4.78, 5) is 53.8. The normalized spacial score (nSPS) is 18.0. The van der Waals surface area contributed by atoms with Crippen LogP contribution in [0, 0.1) is 0 Å². The topological polar surface area (TPSA) is 135 Å². The van der Waals surface area contributed by atoms with Gasteiger partial charge < -0.3 is 30.2 Å². The first kappa shape index (κ1) is 44.2. The number of ether oxygens (including phenoxy) is 3. The molecule has 3 N–H and O–H groups in total. The molecule has 318 valence electrons. The molecule has 5 amide bonds. The van der Waals surface area contributed by atoms with Gasteiger partial charge in [-0.2, -0.15) is 11.8 Å². The van der Waals surface area contributed by atoms with Crippen LogP contribution in [0.4, 0.5) is 4.79 Å². The maximum Gasteiger partial charge on any atom is 0.325 e. The summed E-state index contributed by atoms with van der Waals surface area (Å²) in [5.74, 6) is 1.35. The van der Waals surface area contributed by atoms with Gasteiger partial charge in [-0.25, -0.2) is 4.79 Å². The molecule has 0 saturated carbocycles. The zero-order valence-corrected chi connectivity index (χ0v) is 36.3. The number of rotatable bonds is 18. The van der Waals surface area contributed by atoms with E-state index in [1.165, 1.54) is 4.90 Å². The zero-order chi connectivity index (χ0) is 42.9. The third kappa shape index (κ3) is 10.2. The minimum atomic E-state index is -1.02. The fourth-order valence-electron chi connectivity index (χ4n) is 7.96. The Morgan fingerprint density at radius 1 is 0.800 bits per heavy atom. The number of thioether (sulfide) groups is 1. The monoisotopic (exact) mass is 834 g/mol. The molecule has 2 aliphatic rings. The quantitative estimate of drug-likeness (QED) is 0.0531. The van der Waals surface area contributed by atoms with E-state index in [4.69, 9.17) is 14.2 Å². The largest absolute Gasteiger partial charge is 0.497 e. The Labute approximate surface area is 358 Å². The molecule has 1 unspecified atom stereocenters. The summed E-state index contributed by atoms with van der Waals surface area (Å²) in [7, 11) is 3.26. The van der Waals surface area contributed by atoms with Gasteiger partial charge in [0.25, 0.3) is 5.91 Å². The van der Waals surface area contributed by atoms with Crippen molar-refractivity contribution < 1.29 is 33.4 Å². The number of urea groups is 1. The molecule has 11 nitrogen and oxygen atoms in total. The second-order valence-corrected chi connectivity index (χ2v) is 17.7. The second kappa shape index (κ2) is 19.8. The SMILES string of the molecule is CCC(COC(c1ccccc1)(c1ccc(OC)cc1)c1ccc(OC)cc1)NC(=O)CNC(=O)CCCC[C@@H]1SC[C@H]2[C@@H]1NC(=O)N2C(=O)c1ccc(C(C)(C)C)cc1. The van der Waals surface area contributed by atoms with E-state index in [2.05, 4.69) is 36.7 Å². The van der Waals surface area contributed by atoms with Crippen molar-refractivity contribution in [1.29, 1.82) is 0 Å². The van der Waals surface area contributed by atoms with E-state index in [0.717, 1.165) is 46.6 Å². The lowest BCUT2D eigenvalue weighted by Gasteiger charge is -2.37. The van der Waals surface area contributed by atoms with Crippen molar-refractivity contribution in [2.75, 3.05) is 33.1 Å². The van der Waals surface area contributed by atoms with Crippen LogP contribution in [0.3, 0.4) is 0 Å². The van der Waals surface area contributed by atoms with E-state index in [1.54, 1.807) is 38.1 Å². The zero-order valence-electron chi connectivity index (χ0n) is 35.5. The van der Waals surface area contributed by atoms with Gasteiger partial charge in [0.2, 0.25) is 11.8 Å². The average Bonchev–Trinajstić information content (AvgIpc) is 3.81. The van der Waals surface area contributed by atoms with Gasteiger partial charge in [-0.05, 0) is 83.3 Å². The Hall–Kier alpha value is -5.33. The molecule has 0 bridgehead atoms. The van der Waals surface area contributed by atoms with Crippen LogP contribution in [0.15, 0.2) is 103 Å². The summed E-state index contributed by atoms with van der Waals surface area (Å²) in [6.07, 6.45) is 3.11. The molecule has 2 aliphatic heterocycles. The van der Waals surface area contributed by atoms with Crippen molar-refractivity contribution >= 4 is 35.5 Å². The maximum atomic E-state index is 13.4. The minimum Gasteiger partial charge on any atom is -0.497 e. The highest BCUT2D eigenvalue weighted by Gasteiger charge is 2.50. The number of hydrogen-bond acceptors (Lipinski definition) is 8. The van der Waals surface area contributed by atoms with Gasteiger partial charge in [0.1, 0.15) is 17.1 Å². The fourth-order valence-corrected chi connectivity index (χ4v) is 9.55. The van der Waals surface area contributed by atoms with Crippen molar-refractivity contribution in [3.8, 4) is 11.5 Å². The van der Waals surface area contributed by atoms with Crippen LogP contribution in [0.1, 0.15) is 92.4 Å². The second-order valence-electron chi connectivity index (χ2n) is 16.4. The number of unbranched alkanes of at least 4 members (excludes halogenated alkanes) is 1. The molecule has 4 aromatic carbocycles. The molecule has 0 spiro atoms. The summed E-state index contributed by atoms with van der Waals surface area (Å²) in [5, 5.41) is 9.05. The Morgan fingerprint density at radius 2 is 1.38 bits per heavy atom. The Kier molecular flexibility index (Phi) is 14.6. The predicted molar refractivity (Wildman–Crippen MR) is 236 cm³/mol. The molecule has 2 heterocycles. The third-order valence-corrected chi connectivity index (χ3v) is 13.0. The van der Waals surface area contributed by atoms with E-state index in [-0.39, 0.29) is 72.1 Å². The lowest BCUT2D eigenvalue weighted by atomic mass is 9.80. The van der Waals surface area contributed by atoms with Gasteiger partial charge in [-0.1, -0.05) is 101 Å². The lowest BCUT2D eigenvalue weighted by Crippen LogP contribution is -2.45. The molecule has 2 saturated heterocycles. The van der Waals surface area contributed by atoms with Crippen LogP contribution >= 0.6 is 11.8 Å². The summed E-state index contributed by atoms with van der Waals surface area (Å²) in [6, 6.07) is 32.1. The Balaban J connectivity index is 0.987. The van der Waals surface area contributed by atoms with Crippen LogP contribution in [-0.4, -0.2) is 85.2 Å². The maximum absolute atomic E-state index is 13.4. The number of carbonyl (C=O) groups excluding carboxylic acids is 4. The van der Waals surface area contributed by atoms with Crippen molar-refractivity contribution in [2.24, 2.45) is 0 Å². The van der Waals surface area contributed by atoms with Crippen LogP contribution in [0.5, 0.6) is 11.5 Å². The highest BCUT2D eigenvalue weighted by atomic mass is 32.2. The van der Waals surface area contributed by atoms with Gasteiger partial charge in [0.15, 0.2) is 0 Å². The van der Waals surface area contributed by atoms with Gasteiger partial charge in [-0.3, -0.25) is 19.3 Å². The first-order valence-electron chi connectivity index (χ1n) is 20.8. The van der Waals surface area contributed by atoms with Crippen LogP contribution in [-0.2, 0) is 25.3 Å². The van der Waals surface area contributed by atoms with Crippen molar-refractivity contribution in [3.05, 3.63) is 131 Å². The molecule has 4 atom stereocenters. The van der Waals surface area contributed by atoms with Gasteiger partial charge in [-0.15, -0.1) is 0 Å². The number of fused-ring (bicyclic) bond motifs is 1. The molecule has 12 heteroatoms. The molecule has 0 aromatic heterocycles. The third-order valence-electron chi connectivity index (χ3n) is 11.5. The number of benzene rings is 4. The molecular weight excluding hydrogens is 777 g/mol.